The molecule has 94 valence electrons. The summed E-state index contributed by atoms with van der Waals surface area (Å²) in [5.41, 5.74) is 1.37. The molecule has 1 aromatic carbocycles. The zero-order valence-electron chi connectivity index (χ0n) is 9.61. The average molecular weight is 329 g/mol. The number of benzene rings is 1. The Labute approximate surface area is 118 Å². The molecule has 0 saturated carbocycles. The Morgan fingerprint density at radius 2 is 2.00 bits per heavy atom. The first-order valence-electron chi connectivity index (χ1n) is 5.37. The minimum Gasteiger partial charge on any atom is -0.452 e. The molecule has 0 aliphatic rings. The molecule has 2 aromatic rings. The van der Waals surface area contributed by atoms with Crippen LogP contribution < -0.4 is 5.32 Å². The van der Waals surface area contributed by atoms with E-state index in [1.807, 2.05) is 31.2 Å². The summed E-state index contributed by atoms with van der Waals surface area (Å²) in [5.74, 6) is -0.246. The van der Waals surface area contributed by atoms with Gasteiger partial charge >= 0.3 is 0 Å². The molecule has 1 atom stereocenters. The van der Waals surface area contributed by atoms with Crippen LogP contribution in [0.4, 0.5) is 0 Å². The van der Waals surface area contributed by atoms with Crippen LogP contribution in [-0.2, 0) is 0 Å². The highest BCUT2D eigenvalue weighted by Gasteiger charge is 2.15. The van der Waals surface area contributed by atoms with Gasteiger partial charge in [0, 0.05) is 4.47 Å². The highest BCUT2D eigenvalue weighted by Crippen LogP contribution is 2.20. The number of carbonyl (C=O) groups excluding carboxylic acids is 1. The van der Waals surface area contributed by atoms with Crippen molar-refractivity contribution in [2.75, 3.05) is 0 Å². The van der Waals surface area contributed by atoms with Crippen molar-refractivity contribution in [2.24, 2.45) is 0 Å². The molecule has 0 fully saturated rings. The van der Waals surface area contributed by atoms with E-state index in [9.17, 15) is 4.79 Å². The molecule has 0 spiro atoms. The SMILES string of the molecule is C[C@H](NC(=O)c1ccoc1Cl)c1ccc(Br)cc1. The summed E-state index contributed by atoms with van der Waals surface area (Å²) in [6, 6.07) is 9.21. The van der Waals surface area contributed by atoms with Crippen molar-refractivity contribution in [2.45, 2.75) is 13.0 Å². The van der Waals surface area contributed by atoms with Crippen molar-refractivity contribution in [1.82, 2.24) is 5.32 Å². The van der Waals surface area contributed by atoms with Crippen molar-refractivity contribution >= 4 is 33.4 Å². The Hall–Kier alpha value is -1.26. The van der Waals surface area contributed by atoms with E-state index in [4.69, 9.17) is 16.0 Å². The number of nitrogens with one attached hydrogen (secondary N) is 1. The van der Waals surface area contributed by atoms with E-state index in [0.717, 1.165) is 10.0 Å². The van der Waals surface area contributed by atoms with E-state index < -0.39 is 0 Å². The molecule has 2 rings (SSSR count). The smallest absolute Gasteiger partial charge is 0.256 e. The first-order valence-corrected chi connectivity index (χ1v) is 6.54. The van der Waals surface area contributed by atoms with E-state index in [1.165, 1.54) is 6.26 Å². The molecule has 1 aromatic heterocycles. The molecule has 0 unspecified atom stereocenters. The van der Waals surface area contributed by atoms with Crippen LogP contribution in [-0.4, -0.2) is 5.91 Å². The Kier molecular flexibility index (Phi) is 4.09. The molecule has 18 heavy (non-hydrogen) atoms. The number of amides is 1. The standard InChI is InChI=1S/C13H11BrClNO2/c1-8(9-2-4-10(14)5-3-9)16-13(17)11-6-7-18-12(11)15/h2-8H,1H3,(H,16,17)/t8-/m0/s1. The van der Waals surface area contributed by atoms with Crippen LogP contribution >= 0.6 is 27.5 Å². The summed E-state index contributed by atoms with van der Waals surface area (Å²) in [6.45, 7) is 1.91. The lowest BCUT2D eigenvalue weighted by Gasteiger charge is -2.13. The molecule has 0 radical (unpaired) electrons. The van der Waals surface area contributed by atoms with E-state index in [-0.39, 0.29) is 17.2 Å². The second-order valence-electron chi connectivity index (χ2n) is 3.85. The summed E-state index contributed by atoms with van der Waals surface area (Å²) in [4.78, 5) is 11.9. The molecule has 1 heterocycles. The molecule has 3 nitrogen and oxygen atoms in total. The Morgan fingerprint density at radius 1 is 1.33 bits per heavy atom. The number of furan rings is 1. The van der Waals surface area contributed by atoms with Gasteiger partial charge in [-0.3, -0.25) is 4.79 Å². The average Bonchev–Trinajstić information content (AvgIpc) is 2.76. The fourth-order valence-corrected chi connectivity index (χ4v) is 2.03. The lowest BCUT2D eigenvalue weighted by Crippen LogP contribution is -2.26. The lowest BCUT2D eigenvalue weighted by atomic mass is 10.1. The van der Waals surface area contributed by atoms with Gasteiger partial charge in [-0.1, -0.05) is 28.1 Å². The van der Waals surface area contributed by atoms with Gasteiger partial charge in [0.25, 0.3) is 5.91 Å². The van der Waals surface area contributed by atoms with Gasteiger partial charge in [-0.2, -0.15) is 0 Å². The Morgan fingerprint density at radius 3 is 2.56 bits per heavy atom. The van der Waals surface area contributed by atoms with E-state index >= 15 is 0 Å². The van der Waals surface area contributed by atoms with Gasteiger partial charge in [-0.05, 0) is 42.3 Å². The van der Waals surface area contributed by atoms with Gasteiger partial charge in [0.05, 0.1) is 17.9 Å². The number of carbonyl (C=O) groups is 1. The molecule has 1 N–H and O–H groups in total. The number of hydrogen-bond donors (Lipinski definition) is 1. The maximum Gasteiger partial charge on any atom is 0.256 e. The van der Waals surface area contributed by atoms with Crippen molar-refractivity contribution in [3.05, 3.63) is 57.4 Å². The fourth-order valence-electron chi connectivity index (χ4n) is 1.56. The number of rotatable bonds is 3. The molecule has 0 bridgehead atoms. The summed E-state index contributed by atoms with van der Waals surface area (Å²) in [7, 11) is 0. The summed E-state index contributed by atoms with van der Waals surface area (Å²) >= 11 is 9.12. The van der Waals surface area contributed by atoms with Crippen LogP contribution in [0.2, 0.25) is 5.22 Å². The molecule has 5 heteroatoms. The zero-order valence-corrected chi connectivity index (χ0v) is 12.0. The van der Waals surface area contributed by atoms with Crippen LogP contribution in [0.3, 0.4) is 0 Å². The second-order valence-corrected chi connectivity index (χ2v) is 5.11. The van der Waals surface area contributed by atoms with Crippen molar-refractivity contribution in [3.63, 3.8) is 0 Å². The third-order valence-electron chi connectivity index (χ3n) is 2.58. The van der Waals surface area contributed by atoms with Crippen LogP contribution in [0.5, 0.6) is 0 Å². The molecular formula is C13H11BrClNO2. The summed E-state index contributed by atoms with van der Waals surface area (Å²) < 4.78 is 5.89. The molecular weight excluding hydrogens is 318 g/mol. The van der Waals surface area contributed by atoms with Gasteiger partial charge < -0.3 is 9.73 Å². The van der Waals surface area contributed by atoms with E-state index in [1.54, 1.807) is 6.07 Å². The minimum absolute atomic E-state index is 0.100. The maximum absolute atomic E-state index is 11.9. The topological polar surface area (TPSA) is 42.2 Å². The predicted octanol–water partition coefficient (Wildman–Crippen LogP) is 4.19. The van der Waals surface area contributed by atoms with Gasteiger partial charge in [-0.25, -0.2) is 0 Å². The largest absolute Gasteiger partial charge is 0.452 e. The molecule has 0 saturated heterocycles. The third-order valence-corrected chi connectivity index (χ3v) is 3.40. The van der Waals surface area contributed by atoms with Crippen LogP contribution in [0.25, 0.3) is 0 Å². The van der Waals surface area contributed by atoms with Crippen LogP contribution in [0.15, 0.2) is 45.5 Å². The first kappa shape index (κ1) is 13.2. The minimum atomic E-state index is -0.246. The monoisotopic (exact) mass is 327 g/mol. The van der Waals surface area contributed by atoms with Gasteiger partial charge in [-0.15, -0.1) is 0 Å². The molecule has 1 amide bonds. The Balaban J connectivity index is 2.08. The van der Waals surface area contributed by atoms with Gasteiger partial charge in [0.2, 0.25) is 5.22 Å². The van der Waals surface area contributed by atoms with Crippen LogP contribution in [0, 0.1) is 0 Å². The third kappa shape index (κ3) is 2.94. The maximum atomic E-state index is 11.9. The van der Waals surface area contributed by atoms with Gasteiger partial charge in [0.15, 0.2) is 0 Å². The normalized spacial score (nSPS) is 12.2. The second kappa shape index (κ2) is 5.59. The summed E-state index contributed by atoms with van der Waals surface area (Å²) in [5, 5.41) is 2.97. The van der Waals surface area contributed by atoms with Crippen molar-refractivity contribution < 1.29 is 9.21 Å². The Bertz CT molecular complexity index is 550. The lowest BCUT2D eigenvalue weighted by molar-refractivity contribution is 0.0939. The fraction of sp³-hybridized carbons (Fsp3) is 0.154. The van der Waals surface area contributed by atoms with Crippen LogP contribution in [0.1, 0.15) is 28.9 Å². The summed E-state index contributed by atoms with van der Waals surface area (Å²) in [6.07, 6.45) is 1.39. The quantitative estimate of drug-likeness (QED) is 0.918. The molecule has 0 aliphatic heterocycles. The predicted molar refractivity (Wildman–Crippen MR) is 73.7 cm³/mol. The van der Waals surface area contributed by atoms with E-state index in [2.05, 4.69) is 21.2 Å². The molecule has 0 aliphatic carbocycles. The van der Waals surface area contributed by atoms with Gasteiger partial charge in [0.1, 0.15) is 0 Å². The highest BCUT2D eigenvalue weighted by molar-refractivity contribution is 9.10. The number of halogens is 2. The van der Waals surface area contributed by atoms with Crippen molar-refractivity contribution in [1.29, 1.82) is 0 Å². The first-order chi connectivity index (χ1) is 8.58. The zero-order chi connectivity index (χ0) is 13.1. The number of hydrogen-bond acceptors (Lipinski definition) is 2. The van der Waals surface area contributed by atoms with E-state index in [0.29, 0.717) is 5.56 Å². The van der Waals surface area contributed by atoms with Crippen molar-refractivity contribution in [3.8, 4) is 0 Å². The highest BCUT2D eigenvalue weighted by atomic mass is 79.9.